The third kappa shape index (κ3) is 4.37. The molecule has 6 heteroatoms. The maximum atomic E-state index is 16.1. The first-order chi connectivity index (χ1) is 17.7. The summed E-state index contributed by atoms with van der Waals surface area (Å²) in [5, 5.41) is 7.76. The number of phenols is 1. The van der Waals surface area contributed by atoms with Gasteiger partial charge in [0.2, 0.25) is 0 Å². The van der Waals surface area contributed by atoms with Gasteiger partial charge in [-0.05, 0) is 47.1 Å². The maximum Gasteiger partial charge on any atom is 0.409 e. The van der Waals surface area contributed by atoms with Gasteiger partial charge in [0, 0.05) is 10.6 Å². The zero-order chi connectivity index (χ0) is 27.9. The molecule has 198 valence electrons. The average Bonchev–Trinajstić information content (AvgIpc) is 2.87. The van der Waals surface area contributed by atoms with Gasteiger partial charge in [0.25, 0.3) is 0 Å². The van der Waals surface area contributed by atoms with Crippen LogP contribution in [0.4, 0.5) is 13.2 Å². The number of phenolic OH excluding ortho intramolecular Hbond substituents is 1. The third-order valence-electron chi connectivity index (χ3n) is 7.20. The van der Waals surface area contributed by atoms with E-state index in [1.807, 2.05) is 20.8 Å². The van der Waals surface area contributed by atoms with E-state index in [-0.39, 0.29) is 44.0 Å². The van der Waals surface area contributed by atoms with Crippen LogP contribution in [-0.4, -0.2) is 11.3 Å². The minimum Gasteiger partial charge on any atom is -0.507 e. The summed E-state index contributed by atoms with van der Waals surface area (Å²) in [5.74, 6) is -0.0813. The predicted octanol–water partition coefficient (Wildman–Crippen LogP) is 8.13. The van der Waals surface area contributed by atoms with Crippen LogP contribution >= 0.6 is 7.14 Å². The highest BCUT2D eigenvalue weighted by Crippen LogP contribution is 2.71. The lowest BCUT2D eigenvalue weighted by atomic mass is 9.83. The van der Waals surface area contributed by atoms with Crippen LogP contribution in [0.15, 0.2) is 97.1 Å². The highest BCUT2D eigenvalue weighted by atomic mass is 31.2. The largest absolute Gasteiger partial charge is 0.507 e. The molecule has 0 radical (unpaired) electrons. The van der Waals surface area contributed by atoms with Crippen molar-refractivity contribution in [2.45, 2.75) is 51.4 Å². The maximum absolute atomic E-state index is 16.1. The molecule has 4 aromatic rings. The number of hydrogen-bond acceptors (Lipinski definition) is 2. The average molecular weight is 537 g/mol. The van der Waals surface area contributed by atoms with Crippen molar-refractivity contribution in [2.75, 3.05) is 0 Å². The Balaban J connectivity index is 2.26. The number of aromatic hydroxyl groups is 1. The Morgan fingerprint density at radius 3 is 1.39 bits per heavy atom. The summed E-state index contributed by atoms with van der Waals surface area (Å²) < 4.78 is 63.9. The van der Waals surface area contributed by atoms with E-state index in [1.54, 1.807) is 62.4 Å². The van der Waals surface area contributed by atoms with Gasteiger partial charge in [-0.1, -0.05) is 118 Å². The van der Waals surface area contributed by atoms with Crippen LogP contribution < -0.4 is 10.6 Å². The molecule has 4 rings (SSSR count). The Hall–Kier alpha value is -3.30. The first kappa shape index (κ1) is 27.7. The Kier molecular flexibility index (Phi) is 7.14. The molecule has 0 aliphatic rings. The summed E-state index contributed by atoms with van der Waals surface area (Å²) in [5.41, 5.74) is 0.869. The van der Waals surface area contributed by atoms with Gasteiger partial charge in [-0.25, -0.2) is 0 Å². The van der Waals surface area contributed by atoms with Crippen LogP contribution in [0, 0.1) is 13.8 Å². The molecule has 2 nitrogen and oxygen atoms in total. The smallest absolute Gasteiger partial charge is 0.409 e. The molecule has 0 aromatic heterocycles. The van der Waals surface area contributed by atoms with Gasteiger partial charge in [-0.3, -0.25) is 0 Å². The van der Waals surface area contributed by atoms with Gasteiger partial charge in [-0.2, -0.15) is 13.2 Å². The van der Waals surface area contributed by atoms with Gasteiger partial charge in [-0.15, -0.1) is 0 Å². The minimum absolute atomic E-state index is 0.0813. The van der Waals surface area contributed by atoms with Gasteiger partial charge in [0.1, 0.15) is 5.75 Å². The van der Waals surface area contributed by atoms with Crippen molar-refractivity contribution in [2.24, 2.45) is 0 Å². The molecule has 0 saturated heterocycles. The van der Waals surface area contributed by atoms with E-state index in [9.17, 15) is 5.11 Å². The molecule has 0 bridgehead atoms. The SMILES string of the molecule is Cc1cc(C(c2ccc(C(C)(C)C)cc2)(C(F)(F)F)P(=O)(c2ccccc2)c2ccccc2)cc(C)c1O. The summed E-state index contributed by atoms with van der Waals surface area (Å²) in [7, 11) is -4.55. The van der Waals surface area contributed by atoms with E-state index >= 15 is 17.7 Å². The Morgan fingerprint density at radius 2 is 1.03 bits per heavy atom. The topological polar surface area (TPSA) is 37.3 Å². The van der Waals surface area contributed by atoms with Gasteiger partial charge >= 0.3 is 6.18 Å². The molecule has 0 heterocycles. The fraction of sp³-hybridized carbons (Fsp3) is 0.250. The predicted molar refractivity (Wildman–Crippen MR) is 149 cm³/mol. The molecule has 1 unspecified atom stereocenters. The zero-order valence-corrected chi connectivity index (χ0v) is 23.1. The third-order valence-corrected chi connectivity index (χ3v) is 11.0. The second kappa shape index (κ2) is 9.78. The molecule has 4 aromatic carbocycles. The molecule has 38 heavy (non-hydrogen) atoms. The van der Waals surface area contributed by atoms with Crippen molar-refractivity contribution in [3.8, 4) is 5.75 Å². The van der Waals surface area contributed by atoms with Crippen LogP contribution in [0.1, 0.15) is 48.6 Å². The lowest BCUT2D eigenvalue weighted by Crippen LogP contribution is -2.48. The molecular formula is C32H32F3O2P. The first-order valence-electron chi connectivity index (χ1n) is 12.4. The number of alkyl halides is 3. The van der Waals surface area contributed by atoms with Gasteiger partial charge < -0.3 is 9.67 Å². The lowest BCUT2D eigenvalue weighted by Gasteiger charge is -2.44. The highest BCUT2D eigenvalue weighted by Gasteiger charge is 2.68. The Morgan fingerprint density at radius 1 is 0.632 bits per heavy atom. The fourth-order valence-corrected chi connectivity index (χ4v) is 8.84. The van der Waals surface area contributed by atoms with Crippen molar-refractivity contribution in [1.82, 2.24) is 0 Å². The second-order valence-corrected chi connectivity index (χ2v) is 13.7. The van der Waals surface area contributed by atoms with E-state index in [2.05, 4.69) is 0 Å². The zero-order valence-electron chi connectivity index (χ0n) is 22.2. The second-order valence-electron chi connectivity index (χ2n) is 10.8. The van der Waals surface area contributed by atoms with Crippen molar-refractivity contribution in [3.05, 3.63) is 125 Å². The van der Waals surface area contributed by atoms with E-state index in [1.165, 1.54) is 48.5 Å². The minimum atomic E-state index is -4.98. The molecular weight excluding hydrogens is 504 g/mol. The number of benzene rings is 4. The van der Waals surface area contributed by atoms with Crippen LogP contribution in [0.5, 0.6) is 5.75 Å². The van der Waals surface area contributed by atoms with E-state index in [0.717, 1.165) is 5.56 Å². The summed E-state index contributed by atoms with van der Waals surface area (Å²) in [6.07, 6.45) is -4.98. The van der Waals surface area contributed by atoms with Crippen LogP contribution in [0.3, 0.4) is 0 Å². The summed E-state index contributed by atoms with van der Waals surface area (Å²) in [6.45, 7) is 9.09. The Labute approximate surface area is 222 Å². The number of rotatable bonds is 5. The molecule has 0 saturated carbocycles. The van der Waals surface area contributed by atoms with Crippen molar-refractivity contribution < 1.29 is 22.8 Å². The van der Waals surface area contributed by atoms with Crippen molar-refractivity contribution in [1.29, 1.82) is 0 Å². The molecule has 0 fully saturated rings. The molecule has 1 N–H and O–H groups in total. The number of hydrogen-bond donors (Lipinski definition) is 1. The quantitative estimate of drug-likeness (QED) is 0.262. The standard InChI is InChI=1S/C32H32F3O2P/c1-22-20-26(21-23(2)29(22)36)31(32(33,34)35,25-18-16-24(17-19-25)30(3,4)5)38(37,27-12-8-6-9-13-27)28-14-10-7-11-15-28/h6-21,36H,1-5H3. The molecule has 0 spiro atoms. The molecule has 0 amide bonds. The van der Waals surface area contributed by atoms with E-state index in [4.69, 9.17) is 0 Å². The summed E-state index contributed by atoms with van der Waals surface area (Å²) >= 11 is 0. The van der Waals surface area contributed by atoms with Gasteiger partial charge in [0.15, 0.2) is 12.3 Å². The number of aryl methyl sites for hydroxylation is 2. The molecule has 1 atom stereocenters. The van der Waals surface area contributed by atoms with E-state index in [0.29, 0.717) is 0 Å². The lowest BCUT2D eigenvalue weighted by molar-refractivity contribution is -0.154. The normalized spacial score (nSPS) is 14.2. The van der Waals surface area contributed by atoms with Gasteiger partial charge in [0.05, 0.1) is 0 Å². The fourth-order valence-electron chi connectivity index (χ4n) is 5.22. The van der Waals surface area contributed by atoms with Crippen molar-refractivity contribution in [3.63, 3.8) is 0 Å². The van der Waals surface area contributed by atoms with E-state index < -0.39 is 18.5 Å². The summed E-state index contributed by atoms with van der Waals surface area (Å²) in [4.78, 5) is 0. The van der Waals surface area contributed by atoms with Crippen LogP contribution in [0.2, 0.25) is 0 Å². The van der Waals surface area contributed by atoms with Crippen molar-refractivity contribution >= 4 is 17.8 Å². The highest BCUT2D eigenvalue weighted by molar-refractivity contribution is 7.80. The monoisotopic (exact) mass is 536 g/mol. The van der Waals surface area contributed by atoms with Crippen LogP contribution in [-0.2, 0) is 15.1 Å². The Bertz CT molecular complexity index is 1410. The molecule has 0 aliphatic heterocycles. The summed E-state index contributed by atoms with van der Waals surface area (Å²) in [6, 6.07) is 24.8. The number of halogens is 3. The molecule has 0 aliphatic carbocycles. The van der Waals surface area contributed by atoms with Crippen LogP contribution in [0.25, 0.3) is 0 Å². The first-order valence-corrected chi connectivity index (χ1v) is 14.1.